The highest BCUT2D eigenvalue weighted by Gasteiger charge is 2.41. The van der Waals surface area contributed by atoms with Crippen LogP contribution in [0.25, 0.3) is 0 Å². The molecule has 1 aliphatic carbocycles. The lowest BCUT2D eigenvalue weighted by Gasteiger charge is -2.26. The van der Waals surface area contributed by atoms with Crippen LogP contribution in [-0.2, 0) is 9.59 Å². The van der Waals surface area contributed by atoms with E-state index in [9.17, 15) is 9.59 Å². The Morgan fingerprint density at radius 3 is 0.737 bits per heavy atom. The highest BCUT2D eigenvalue weighted by Crippen LogP contribution is 2.51. The molecular formula is C66H108O10. The first-order valence-electron chi connectivity index (χ1n) is 31.6. The second kappa shape index (κ2) is 42.9. The van der Waals surface area contributed by atoms with Crippen LogP contribution in [0.15, 0.2) is 12.1 Å². The van der Waals surface area contributed by atoms with E-state index >= 15 is 9.59 Å². The summed E-state index contributed by atoms with van der Waals surface area (Å²) in [6, 6.07) is 3.10. The molecule has 0 aliphatic heterocycles. The number of carbonyl (C=O) groups is 4. The van der Waals surface area contributed by atoms with Crippen molar-refractivity contribution in [2.24, 2.45) is 0 Å². The topological polar surface area (TPSA) is 124 Å². The summed E-state index contributed by atoms with van der Waals surface area (Å²) < 4.78 is 37.8. The van der Waals surface area contributed by atoms with Gasteiger partial charge in [-0.05, 0) is 37.8 Å². The van der Waals surface area contributed by atoms with Gasteiger partial charge in [-0.2, -0.15) is 0 Å². The predicted molar refractivity (Wildman–Crippen MR) is 312 cm³/mol. The first kappa shape index (κ1) is 66.2. The molecule has 1 aliphatic rings. The van der Waals surface area contributed by atoms with Crippen LogP contribution in [0.3, 0.4) is 0 Å². The number of benzene rings is 2. The van der Waals surface area contributed by atoms with Crippen molar-refractivity contribution in [3.63, 3.8) is 0 Å². The Morgan fingerprint density at radius 2 is 0.513 bits per heavy atom. The number of carbonyl (C=O) groups excluding carboxylic acids is 4. The molecule has 3 rings (SSSR count). The molecule has 0 spiro atoms. The summed E-state index contributed by atoms with van der Waals surface area (Å²) in [7, 11) is 0. The van der Waals surface area contributed by atoms with Crippen LogP contribution in [0.2, 0.25) is 0 Å². The Balaban J connectivity index is 1.96. The molecule has 0 aromatic heterocycles. The Kier molecular flexibility index (Phi) is 37.4. The standard InChI is InChI=1S/C66H108O10/c1-7-11-15-19-23-27-31-35-39-43-47-71-57-51-55-59(65(75-53(5)67)63(57)73-49-45-41-37-33-29-25-21-17-13-9-3)62(70)56-52-58(72-48-44-40-36-32-28-24-20-16-12-8-2)64(66(76-54(6)68)60(56)61(55)69)74-50-46-42-38-34-30-26-22-18-14-10-4/h51-52H,7-50H2,1-6H3. The summed E-state index contributed by atoms with van der Waals surface area (Å²) >= 11 is 0. The van der Waals surface area contributed by atoms with Crippen LogP contribution in [0.5, 0.6) is 34.5 Å². The summed E-state index contributed by atoms with van der Waals surface area (Å²) in [5.41, 5.74) is -0.228. The molecule has 76 heavy (non-hydrogen) atoms. The number of rotatable bonds is 50. The summed E-state index contributed by atoms with van der Waals surface area (Å²) in [6.45, 7) is 12.8. The van der Waals surface area contributed by atoms with Gasteiger partial charge >= 0.3 is 11.9 Å². The normalized spacial score (nSPS) is 11.9. The van der Waals surface area contributed by atoms with Crippen LogP contribution in [0.1, 0.15) is 330 Å². The number of ketones is 2. The average molecular weight is 1060 g/mol. The molecule has 0 N–H and O–H groups in total. The van der Waals surface area contributed by atoms with E-state index in [1.54, 1.807) is 12.1 Å². The summed E-state index contributed by atoms with van der Waals surface area (Å²) in [6.07, 6.45) is 46.5. The molecule has 0 bridgehead atoms. The van der Waals surface area contributed by atoms with Crippen molar-refractivity contribution < 1.29 is 47.6 Å². The van der Waals surface area contributed by atoms with E-state index < -0.39 is 23.5 Å². The summed E-state index contributed by atoms with van der Waals surface area (Å²) in [5, 5.41) is 0. The number of ether oxygens (including phenoxy) is 6. The summed E-state index contributed by atoms with van der Waals surface area (Å²) in [4.78, 5) is 56.4. The van der Waals surface area contributed by atoms with Crippen molar-refractivity contribution in [1.82, 2.24) is 0 Å². The van der Waals surface area contributed by atoms with Crippen LogP contribution >= 0.6 is 0 Å². The lowest BCUT2D eigenvalue weighted by atomic mass is 9.82. The van der Waals surface area contributed by atoms with Crippen LogP contribution in [-0.4, -0.2) is 49.9 Å². The van der Waals surface area contributed by atoms with Gasteiger partial charge in [0.2, 0.25) is 11.5 Å². The van der Waals surface area contributed by atoms with Crippen molar-refractivity contribution >= 4 is 23.5 Å². The number of fused-ring (bicyclic) bond motifs is 2. The minimum absolute atomic E-state index is 0.0220. The molecule has 0 amide bonds. The fraction of sp³-hybridized carbons (Fsp3) is 0.758. The van der Waals surface area contributed by atoms with Gasteiger partial charge < -0.3 is 28.4 Å². The van der Waals surface area contributed by atoms with Gasteiger partial charge in [-0.1, -0.05) is 259 Å². The number of unbranched alkanes of at least 4 members (excludes halogenated alkanes) is 36. The van der Waals surface area contributed by atoms with E-state index in [-0.39, 0.29) is 56.8 Å². The molecule has 10 nitrogen and oxygen atoms in total. The minimum atomic E-state index is -0.666. The number of esters is 2. The second-order valence-electron chi connectivity index (χ2n) is 21.9. The summed E-state index contributed by atoms with van der Waals surface area (Å²) in [5.74, 6) is -2.04. The fourth-order valence-corrected chi connectivity index (χ4v) is 10.4. The Labute approximate surface area is 463 Å². The maximum Gasteiger partial charge on any atom is 0.308 e. The first-order chi connectivity index (χ1) is 37.2. The van der Waals surface area contributed by atoms with Crippen molar-refractivity contribution in [2.75, 3.05) is 26.4 Å². The Bertz CT molecular complexity index is 1770. The van der Waals surface area contributed by atoms with Crippen molar-refractivity contribution in [1.29, 1.82) is 0 Å². The molecule has 0 radical (unpaired) electrons. The van der Waals surface area contributed by atoms with Gasteiger partial charge in [0, 0.05) is 25.0 Å². The largest absolute Gasteiger partial charge is 0.490 e. The molecule has 0 saturated heterocycles. The van der Waals surface area contributed by atoms with Crippen molar-refractivity contribution in [3.05, 3.63) is 34.4 Å². The lowest BCUT2D eigenvalue weighted by molar-refractivity contribution is -0.133. The Morgan fingerprint density at radius 1 is 0.303 bits per heavy atom. The molecule has 2 aromatic rings. The number of hydrogen-bond donors (Lipinski definition) is 0. The molecule has 0 atom stereocenters. The SMILES string of the molecule is CCCCCCCCCCCCOc1cc2c(c(OC(C)=O)c1OCCCCCCCCCCCC)C(=O)c1cc(OCCCCCCCCCCCC)c(OCCCCCCCCCCCC)c(OC(C)=O)c1C2=O. The molecule has 432 valence electrons. The highest BCUT2D eigenvalue weighted by molar-refractivity contribution is 6.31. The van der Waals surface area contributed by atoms with Crippen LogP contribution < -0.4 is 28.4 Å². The van der Waals surface area contributed by atoms with E-state index in [2.05, 4.69) is 27.7 Å². The van der Waals surface area contributed by atoms with E-state index in [4.69, 9.17) is 28.4 Å². The molecule has 10 heteroatoms. The van der Waals surface area contributed by atoms with Crippen LogP contribution in [0, 0.1) is 0 Å². The van der Waals surface area contributed by atoms with Gasteiger partial charge in [-0.3, -0.25) is 19.2 Å². The van der Waals surface area contributed by atoms with Gasteiger partial charge in [0.15, 0.2) is 34.6 Å². The molecule has 0 unspecified atom stereocenters. The van der Waals surface area contributed by atoms with Crippen LogP contribution in [0.4, 0.5) is 0 Å². The van der Waals surface area contributed by atoms with Gasteiger partial charge in [0.05, 0.1) is 37.6 Å². The second-order valence-corrected chi connectivity index (χ2v) is 21.9. The Hall–Kier alpha value is -4.08. The van der Waals surface area contributed by atoms with E-state index in [1.807, 2.05) is 0 Å². The molecule has 2 aromatic carbocycles. The third-order valence-electron chi connectivity index (χ3n) is 14.8. The third kappa shape index (κ3) is 26.5. The zero-order valence-corrected chi connectivity index (χ0v) is 49.3. The van der Waals surface area contributed by atoms with Crippen molar-refractivity contribution in [2.45, 2.75) is 298 Å². The lowest BCUT2D eigenvalue weighted by Crippen LogP contribution is -2.25. The fourth-order valence-electron chi connectivity index (χ4n) is 10.4. The zero-order chi connectivity index (χ0) is 54.9. The maximum atomic E-state index is 15.2. The molecule has 0 saturated carbocycles. The maximum absolute atomic E-state index is 15.2. The predicted octanol–water partition coefficient (Wildman–Crippen LogP) is 19.5. The molecule has 0 heterocycles. The van der Waals surface area contributed by atoms with Gasteiger partial charge in [-0.25, -0.2) is 0 Å². The van der Waals surface area contributed by atoms with E-state index in [1.165, 1.54) is 194 Å². The van der Waals surface area contributed by atoms with E-state index in [0.717, 1.165) is 77.0 Å². The van der Waals surface area contributed by atoms with Gasteiger partial charge in [0.1, 0.15) is 0 Å². The quantitative estimate of drug-likeness (QED) is 0.0307. The highest BCUT2D eigenvalue weighted by atomic mass is 16.6. The van der Waals surface area contributed by atoms with E-state index in [0.29, 0.717) is 26.4 Å². The zero-order valence-electron chi connectivity index (χ0n) is 49.3. The average Bonchev–Trinajstić information content (AvgIpc) is 3.40. The smallest absolute Gasteiger partial charge is 0.308 e. The molecule has 0 fully saturated rings. The monoisotopic (exact) mass is 1060 g/mol. The van der Waals surface area contributed by atoms with Crippen molar-refractivity contribution in [3.8, 4) is 34.5 Å². The van der Waals surface area contributed by atoms with Gasteiger partial charge in [-0.15, -0.1) is 0 Å². The minimum Gasteiger partial charge on any atom is -0.490 e. The molecular weight excluding hydrogens is 953 g/mol. The third-order valence-corrected chi connectivity index (χ3v) is 14.8. The van der Waals surface area contributed by atoms with Gasteiger partial charge in [0.25, 0.3) is 0 Å². The number of hydrogen-bond acceptors (Lipinski definition) is 10. The first-order valence-corrected chi connectivity index (χ1v) is 31.6.